The fourth-order valence-corrected chi connectivity index (χ4v) is 3.65. The zero-order valence-electron chi connectivity index (χ0n) is 11.7. The Morgan fingerprint density at radius 3 is 2.32 bits per heavy atom. The van der Waals surface area contributed by atoms with Gasteiger partial charge in [-0.25, -0.2) is 0 Å². The Morgan fingerprint density at radius 1 is 0.909 bits per heavy atom. The van der Waals surface area contributed by atoms with Gasteiger partial charge in [0.2, 0.25) is 0 Å². The van der Waals surface area contributed by atoms with Gasteiger partial charge in [0.1, 0.15) is 5.82 Å². The Labute approximate surface area is 132 Å². The maximum atomic E-state index is 11.8. The number of allylic oxidation sites excluding steroid dienone is 1. The van der Waals surface area contributed by atoms with Crippen LogP contribution >= 0.6 is 11.3 Å². The van der Waals surface area contributed by atoms with Crippen LogP contribution in [0.1, 0.15) is 21.9 Å². The summed E-state index contributed by atoms with van der Waals surface area (Å²) in [5.41, 5.74) is 3.33. The molecule has 1 unspecified atom stereocenters. The molecule has 1 aliphatic heterocycles. The highest BCUT2D eigenvalue weighted by molar-refractivity contribution is 7.10. The van der Waals surface area contributed by atoms with Gasteiger partial charge in [-0.3, -0.25) is 9.78 Å². The molecule has 0 fully saturated rings. The van der Waals surface area contributed by atoms with Gasteiger partial charge in [0.15, 0.2) is 0 Å². The summed E-state index contributed by atoms with van der Waals surface area (Å²) in [5.74, 6) is 0.904. The van der Waals surface area contributed by atoms with Crippen LogP contribution in [-0.2, 0) is 0 Å². The SMILES string of the molecule is O=c1[nH]c2c(s1)C(c1ccccc1)C=C(c1ccccc1)N2. The molecule has 1 atom stereocenters. The van der Waals surface area contributed by atoms with Crippen LogP contribution in [-0.4, -0.2) is 4.98 Å². The molecule has 1 aliphatic rings. The highest BCUT2D eigenvalue weighted by atomic mass is 32.1. The van der Waals surface area contributed by atoms with Crippen molar-refractivity contribution in [3.63, 3.8) is 0 Å². The van der Waals surface area contributed by atoms with E-state index in [0.29, 0.717) is 0 Å². The van der Waals surface area contributed by atoms with Crippen LogP contribution in [0.2, 0.25) is 0 Å². The summed E-state index contributed by atoms with van der Waals surface area (Å²) in [6.45, 7) is 0. The van der Waals surface area contributed by atoms with Crippen molar-refractivity contribution in [2.75, 3.05) is 5.32 Å². The lowest BCUT2D eigenvalue weighted by Gasteiger charge is -2.23. The minimum Gasteiger partial charge on any atom is -0.341 e. The first-order chi connectivity index (χ1) is 10.8. The number of H-pyrrole nitrogens is 1. The predicted molar refractivity (Wildman–Crippen MR) is 91.3 cm³/mol. The Bertz CT molecular complexity index is 878. The molecule has 3 aromatic rings. The predicted octanol–water partition coefficient (Wildman–Crippen LogP) is 4.03. The van der Waals surface area contributed by atoms with E-state index in [4.69, 9.17) is 0 Å². The summed E-state index contributed by atoms with van der Waals surface area (Å²) in [5, 5.41) is 3.35. The maximum absolute atomic E-state index is 11.8. The number of aromatic nitrogens is 1. The molecular weight excluding hydrogens is 292 g/mol. The molecule has 0 spiro atoms. The van der Waals surface area contributed by atoms with Crippen LogP contribution in [0.25, 0.3) is 5.70 Å². The van der Waals surface area contributed by atoms with Crippen molar-refractivity contribution >= 4 is 22.9 Å². The summed E-state index contributed by atoms with van der Waals surface area (Å²) >= 11 is 1.27. The van der Waals surface area contributed by atoms with Crippen molar-refractivity contribution < 1.29 is 0 Å². The fraction of sp³-hybridized carbons (Fsp3) is 0.0556. The number of thiazole rings is 1. The number of aromatic amines is 1. The summed E-state index contributed by atoms with van der Waals surface area (Å²) in [7, 11) is 0. The molecule has 0 saturated carbocycles. The summed E-state index contributed by atoms with van der Waals surface area (Å²) in [4.78, 5) is 15.7. The molecule has 22 heavy (non-hydrogen) atoms. The molecule has 108 valence electrons. The summed E-state index contributed by atoms with van der Waals surface area (Å²) in [6, 6.07) is 20.4. The normalized spacial score (nSPS) is 16.5. The second-order valence-electron chi connectivity index (χ2n) is 5.21. The first-order valence-electron chi connectivity index (χ1n) is 7.13. The van der Waals surface area contributed by atoms with E-state index in [-0.39, 0.29) is 10.8 Å². The van der Waals surface area contributed by atoms with Gasteiger partial charge in [0.25, 0.3) is 0 Å². The van der Waals surface area contributed by atoms with E-state index >= 15 is 0 Å². The summed E-state index contributed by atoms with van der Waals surface area (Å²) < 4.78 is 0. The fourth-order valence-electron chi connectivity index (χ4n) is 2.76. The van der Waals surface area contributed by atoms with Crippen LogP contribution < -0.4 is 10.2 Å². The van der Waals surface area contributed by atoms with Crippen LogP contribution in [0.3, 0.4) is 0 Å². The third-order valence-electron chi connectivity index (χ3n) is 3.80. The Morgan fingerprint density at radius 2 is 1.59 bits per heavy atom. The molecule has 2 N–H and O–H groups in total. The lowest BCUT2D eigenvalue weighted by Crippen LogP contribution is -2.11. The highest BCUT2D eigenvalue weighted by Gasteiger charge is 2.25. The van der Waals surface area contributed by atoms with Crippen LogP contribution in [0.4, 0.5) is 5.82 Å². The summed E-state index contributed by atoms with van der Waals surface area (Å²) in [6.07, 6.45) is 2.19. The third kappa shape index (κ3) is 2.27. The monoisotopic (exact) mass is 306 g/mol. The lowest BCUT2D eigenvalue weighted by atomic mass is 9.92. The van der Waals surface area contributed by atoms with Crippen molar-refractivity contribution in [1.29, 1.82) is 0 Å². The van der Waals surface area contributed by atoms with Crippen molar-refractivity contribution in [3.8, 4) is 0 Å². The first-order valence-corrected chi connectivity index (χ1v) is 7.95. The number of rotatable bonds is 2. The van der Waals surface area contributed by atoms with Gasteiger partial charge in [-0.2, -0.15) is 0 Å². The van der Waals surface area contributed by atoms with Gasteiger partial charge in [0.05, 0.1) is 4.88 Å². The molecule has 2 heterocycles. The van der Waals surface area contributed by atoms with Gasteiger partial charge < -0.3 is 5.32 Å². The number of hydrogen-bond donors (Lipinski definition) is 2. The quantitative estimate of drug-likeness (QED) is 0.750. The van der Waals surface area contributed by atoms with Gasteiger partial charge in [-0.05, 0) is 17.2 Å². The van der Waals surface area contributed by atoms with E-state index in [9.17, 15) is 4.79 Å². The zero-order chi connectivity index (χ0) is 14.9. The number of fused-ring (bicyclic) bond motifs is 1. The number of nitrogens with one attached hydrogen (secondary N) is 2. The van der Waals surface area contributed by atoms with Crippen molar-refractivity contribution in [2.45, 2.75) is 5.92 Å². The van der Waals surface area contributed by atoms with Crippen LogP contribution in [0.15, 0.2) is 71.5 Å². The Balaban J connectivity index is 1.86. The van der Waals surface area contributed by atoms with E-state index in [1.54, 1.807) is 0 Å². The second kappa shape index (κ2) is 5.31. The molecule has 0 saturated heterocycles. The molecule has 0 bridgehead atoms. The van der Waals surface area contributed by atoms with Crippen molar-refractivity contribution in [3.05, 3.63) is 92.4 Å². The van der Waals surface area contributed by atoms with E-state index in [2.05, 4.69) is 40.6 Å². The maximum Gasteiger partial charge on any atom is 0.306 e. The smallest absolute Gasteiger partial charge is 0.306 e. The second-order valence-corrected chi connectivity index (χ2v) is 6.23. The average molecular weight is 306 g/mol. The van der Waals surface area contributed by atoms with Crippen LogP contribution in [0, 0.1) is 0 Å². The first kappa shape index (κ1) is 13.1. The van der Waals surface area contributed by atoms with E-state index in [1.807, 2.05) is 36.4 Å². The Hall–Kier alpha value is -2.59. The minimum atomic E-state index is -0.0267. The molecule has 4 heteroatoms. The highest BCUT2D eigenvalue weighted by Crippen LogP contribution is 2.39. The van der Waals surface area contributed by atoms with E-state index in [1.165, 1.54) is 16.9 Å². The van der Waals surface area contributed by atoms with Gasteiger partial charge in [0, 0.05) is 11.6 Å². The van der Waals surface area contributed by atoms with Crippen LogP contribution in [0.5, 0.6) is 0 Å². The lowest BCUT2D eigenvalue weighted by molar-refractivity contribution is 1.03. The van der Waals surface area contributed by atoms with E-state index < -0.39 is 0 Å². The third-order valence-corrected chi connectivity index (χ3v) is 4.76. The molecule has 0 radical (unpaired) electrons. The largest absolute Gasteiger partial charge is 0.341 e. The topological polar surface area (TPSA) is 44.9 Å². The van der Waals surface area contributed by atoms with Gasteiger partial charge in [-0.15, -0.1) is 0 Å². The number of hydrogen-bond acceptors (Lipinski definition) is 3. The molecule has 0 amide bonds. The van der Waals surface area contributed by atoms with Gasteiger partial charge >= 0.3 is 4.87 Å². The van der Waals surface area contributed by atoms with Crippen molar-refractivity contribution in [2.24, 2.45) is 0 Å². The van der Waals surface area contributed by atoms with Gasteiger partial charge in [-0.1, -0.05) is 72.0 Å². The molecule has 0 aliphatic carbocycles. The number of anilines is 1. The minimum absolute atomic E-state index is 0.0267. The zero-order valence-corrected chi connectivity index (χ0v) is 12.6. The molecule has 3 nitrogen and oxygen atoms in total. The van der Waals surface area contributed by atoms with Crippen molar-refractivity contribution in [1.82, 2.24) is 4.98 Å². The standard InChI is InChI=1S/C18H14N2OS/c21-18-20-17-16(22-18)14(12-7-3-1-4-8-12)11-15(19-17)13-9-5-2-6-10-13/h1-11,14,19H,(H,20,21). The number of benzene rings is 2. The molecule has 2 aromatic carbocycles. The molecule has 1 aromatic heterocycles. The average Bonchev–Trinajstić information content (AvgIpc) is 2.95. The van der Waals surface area contributed by atoms with E-state index in [0.717, 1.165) is 22.0 Å². The Kier molecular flexibility index (Phi) is 3.16. The molecule has 4 rings (SSSR count). The molecular formula is C18H14N2OS.